The third kappa shape index (κ3) is 17.3. The first kappa shape index (κ1) is 28.4. The summed E-state index contributed by atoms with van der Waals surface area (Å²) in [5, 5.41) is 0. The number of nitrogens with two attached hydrogens (primary N) is 1. The minimum atomic E-state index is -0.245. The largest absolute Gasteiger partial charge is 0.466 e. The maximum atomic E-state index is 11.8. The molecule has 0 heterocycles. The van der Waals surface area contributed by atoms with E-state index >= 15 is 0 Å². The van der Waals surface area contributed by atoms with Gasteiger partial charge in [0.2, 0.25) is 5.91 Å². The molecule has 0 aromatic rings. The summed E-state index contributed by atoms with van der Waals surface area (Å²) < 4.78 is 10.4. The maximum absolute atomic E-state index is 11.8. The van der Waals surface area contributed by atoms with Crippen LogP contribution in [0.4, 0.5) is 0 Å². The third-order valence-electron chi connectivity index (χ3n) is 5.43. The van der Waals surface area contributed by atoms with Gasteiger partial charge >= 0.3 is 11.9 Å². The Kier molecular flexibility index (Phi) is 18.4. The van der Waals surface area contributed by atoms with Crippen LogP contribution in [0.5, 0.6) is 0 Å². The highest BCUT2D eigenvalue weighted by atomic mass is 16.5. The molecule has 176 valence electrons. The second kappa shape index (κ2) is 19.4. The maximum Gasteiger partial charge on any atom is 0.305 e. The average molecular weight is 428 g/mol. The van der Waals surface area contributed by atoms with E-state index in [0.29, 0.717) is 13.0 Å². The summed E-state index contributed by atoms with van der Waals surface area (Å²) in [7, 11) is 0. The molecule has 1 amide bonds. The van der Waals surface area contributed by atoms with Crippen LogP contribution < -0.4 is 5.73 Å². The van der Waals surface area contributed by atoms with E-state index in [2.05, 4.69) is 6.92 Å². The SMILES string of the molecule is CCCCCCCC(CCCC(CCCCCCC(=O)OCC)C(N)=O)OC(C)=O. The van der Waals surface area contributed by atoms with Crippen LogP contribution in [-0.4, -0.2) is 30.6 Å². The first-order valence-corrected chi connectivity index (χ1v) is 12.0. The Morgan fingerprint density at radius 2 is 1.33 bits per heavy atom. The Morgan fingerprint density at radius 1 is 0.767 bits per heavy atom. The number of ether oxygens (including phenoxy) is 2. The average Bonchev–Trinajstić information content (AvgIpc) is 2.68. The zero-order chi connectivity index (χ0) is 22.6. The van der Waals surface area contributed by atoms with Crippen molar-refractivity contribution in [2.75, 3.05) is 6.61 Å². The fourth-order valence-corrected chi connectivity index (χ4v) is 3.74. The van der Waals surface area contributed by atoms with Gasteiger partial charge in [-0.25, -0.2) is 0 Å². The lowest BCUT2D eigenvalue weighted by Gasteiger charge is -2.19. The molecule has 6 nitrogen and oxygen atoms in total. The lowest BCUT2D eigenvalue weighted by Crippen LogP contribution is -2.24. The second-order valence-corrected chi connectivity index (χ2v) is 8.22. The molecular formula is C24H45NO5. The summed E-state index contributed by atoms with van der Waals surface area (Å²) in [5.74, 6) is -0.745. The molecule has 2 unspecified atom stereocenters. The van der Waals surface area contributed by atoms with Gasteiger partial charge in [-0.2, -0.15) is 0 Å². The fourth-order valence-electron chi connectivity index (χ4n) is 3.74. The Labute approximate surface area is 183 Å². The van der Waals surface area contributed by atoms with E-state index < -0.39 is 0 Å². The van der Waals surface area contributed by atoms with E-state index in [1.54, 1.807) is 0 Å². The van der Waals surface area contributed by atoms with E-state index in [9.17, 15) is 14.4 Å². The highest BCUT2D eigenvalue weighted by Gasteiger charge is 2.17. The van der Waals surface area contributed by atoms with Crippen molar-refractivity contribution >= 4 is 17.8 Å². The first-order chi connectivity index (χ1) is 14.4. The number of rotatable bonds is 20. The van der Waals surface area contributed by atoms with E-state index in [4.69, 9.17) is 15.2 Å². The Balaban J connectivity index is 4.09. The second-order valence-electron chi connectivity index (χ2n) is 8.22. The summed E-state index contributed by atoms with van der Waals surface area (Å²) in [6.45, 7) is 5.89. The van der Waals surface area contributed by atoms with Crippen molar-refractivity contribution in [1.29, 1.82) is 0 Å². The van der Waals surface area contributed by atoms with E-state index in [1.165, 1.54) is 32.6 Å². The van der Waals surface area contributed by atoms with Crippen molar-refractivity contribution in [2.45, 2.75) is 123 Å². The molecule has 0 radical (unpaired) electrons. The van der Waals surface area contributed by atoms with Gasteiger partial charge in [0.05, 0.1) is 6.61 Å². The smallest absolute Gasteiger partial charge is 0.305 e. The van der Waals surface area contributed by atoms with E-state index in [1.807, 2.05) is 6.92 Å². The van der Waals surface area contributed by atoms with Gasteiger partial charge in [-0.3, -0.25) is 14.4 Å². The molecule has 0 rings (SSSR count). The van der Waals surface area contributed by atoms with Crippen molar-refractivity contribution in [3.63, 3.8) is 0 Å². The number of esters is 2. The third-order valence-corrected chi connectivity index (χ3v) is 5.43. The molecule has 0 aromatic heterocycles. The summed E-state index contributed by atoms with van der Waals surface area (Å²) in [6.07, 6.45) is 14.1. The van der Waals surface area contributed by atoms with E-state index in [0.717, 1.165) is 64.2 Å². The fraction of sp³-hybridized carbons (Fsp3) is 0.875. The molecule has 0 spiro atoms. The number of carbonyl (C=O) groups excluding carboxylic acids is 3. The van der Waals surface area contributed by atoms with Gasteiger partial charge in [-0.15, -0.1) is 0 Å². The minimum Gasteiger partial charge on any atom is -0.466 e. The summed E-state index contributed by atoms with van der Waals surface area (Å²) in [5.41, 5.74) is 5.59. The highest BCUT2D eigenvalue weighted by molar-refractivity contribution is 5.76. The Morgan fingerprint density at radius 3 is 1.93 bits per heavy atom. The lowest BCUT2D eigenvalue weighted by atomic mass is 9.93. The van der Waals surface area contributed by atoms with Gasteiger partial charge in [0.15, 0.2) is 0 Å². The molecule has 6 heteroatoms. The lowest BCUT2D eigenvalue weighted by molar-refractivity contribution is -0.147. The Bertz CT molecular complexity index is 467. The molecule has 0 fully saturated rings. The minimum absolute atomic E-state index is 0.0551. The predicted molar refractivity (Wildman–Crippen MR) is 120 cm³/mol. The molecular weight excluding hydrogens is 382 g/mol. The molecule has 30 heavy (non-hydrogen) atoms. The summed E-state index contributed by atoms with van der Waals surface area (Å²) in [6, 6.07) is 0. The van der Waals surface area contributed by atoms with E-state index in [-0.39, 0.29) is 29.9 Å². The summed E-state index contributed by atoms with van der Waals surface area (Å²) >= 11 is 0. The monoisotopic (exact) mass is 427 g/mol. The molecule has 0 bridgehead atoms. The van der Waals surface area contributed by atoms with Crippen LogP contribution in [0.3, 0.4) is 0 Å². The van der Waals surface area contributed by atoms with Crippen LogP contribution in [0.15, 0.2) is 0 Å². The van der Waals surface area contributed by atoms with Crippen LogP contribution in [-0.2, 0) is 23.9 Å². The molecule has 0 saturated carbocycles. The predicted octanol–water partition coefficient (Wildman–Crippen LogP) is 5.45. The number of carbonyl (C=O) groups is 3. The van der Waals surface area contributed by atoms with Crippen LogP contribution in [0.25, 0.3) is 0 Å². The molecule has 2 atom stereocenters. The van der Waals surface area contributed by atoms with Gasteiger partial charge in [0.25, 0.3) is 0 Å². The van der Waals surface area contributed by atoms with Gasteiger partial charge in [-0.05, 0) is 51.9 Å². The van der Waals surface area contributed by atoms with Crippen molar-refractivity contribution in [1.82, 2.24) is 0 Å². The molecule has 2 N–H and O–H groups in total. The molecule has 0 aliphatic heterocycles. The number of hydrogen-bond acceptors (Lipinski definition) is 5. The highest BCUT2D eigenvalue weighted by Crippen LogP contribution is 2.21. The summed E-state index contributed by atoms with van der Waals surface area (Å²) in [4.78, 5) is 34.5. The standard InChI is InChI=1S/C24H45NO5/c1-4-6-7-8-12-17-22(30-20(3)26)18-14-16-21(24(25)28)15-11-9-10-13-19-23(27)29-5-2/h21-22H,4-19H2,1-3H3,(H2,25,28). The number of primary amides is 1. The zero-order valence-corrected chi connectivity index (χ0v) is 19.6. The zero-order valence-electron chi connectivity index (χ0n) is 19.6. The molecule has 0 aliphatic rings. The normalized spacial score (nSPS) is 12.9. The van der Waals surface area contributed by atoms with Gasteiger partial charge in [-0.1, -0.05) is 51.9 Å². The molecule has 0 saturated heterocycles. The van der Waals surface area contributed by atoms with Gasteiger partial charge < -0.3 is 15.2 Å². The van der Waals surface area contributed by atoms with Crippen LogP contribution in [0, 0.1) is 5.92 Å². The van der Waals surface area contributed by atoms with Gasteiger partial charge in [0, 0.05) is 19.3 Å². The van der Waals surface area contributed by atoms with Crippen LogP contribution >= 0.6 is 0 Å². The van der Waals surface area contributed by atoms with Crippen molar-refractivity contribution in [3.8, 4) is 0 Å². The quantitative estimate of drug-likeness (QED) is 0.206. The van der Waals surface area contributed by atoms with Crippen molar-refractivity contribution in [2.24, 2.45) is 11.7 Å². The first-order valence-electron chi connectivity index (χ1n) is 12.0. The van der Waals surface area contributed by atoms with Crippen molar-refractivity contribution < 1.29 is 23.9 Å². The van der Waals surface area contributed by atoms with Crippen molar-refractivity contribution in [3.05, 3.63) is 0 Å². The number of unbranched alkanes of at least 4 members (excludes halogenated alkanes) is 7. The Hall–Kier alpha value is -1.59. The number of amides is 1. The molecule has 0 aliphatic carbocycles. The number of hydrogen-bond donors (Lipinski definition) is 1. The molecule has 0 aromatic carbocycles. The van der Waals surface area contributed by atoms with Crippen LogP contribution in [0.2, 0.25) is 0 Å². The van der Waals surface area contributed by atoms with Gasteiger partial charge in [0.1, 0.15) is 6.10 Å². The topological polar surface area (TPSA) is 95.7 Å². The van der Waals surface area contributed by atoms with Crippen LogP contribution in [0.1, 0.15) is 117 Å².